The molecule has 100 valence electrons. The molecule has 3 unspecified atom stereocenters. The Morgan fingerprint density at radius 1 is 1.29 bits per heavy atom. The third-order valence-electron chi connectivity index (χ3n) is 5.82. The number of rotatable bonds is 6. The first-order valence-corrected chi connectivity index (χ1v) is 7.67. The number of hydrogen-bond donors (Lipinski definition) is 1. The summed E-state index contributed by atoms with van der Waals surface area (Å²) in [5.74, 6) is 1.70. The second-order valence-corrected chi connectivity index (χ2v) is 7.17. The van der Waals surface area contributed by atoms with Crippen LogP contribution in [0.1, 0.15) is 72.1 Å². The average Bonchev–Trinajstić information content (AvgIpc) is 2.89. The van der Waals surface area contributed by atoms with Crippen molar-refractivity contribution >= 4 is 0 Å². The van der Waals surface area contributed by atoms with E-state index >= 15 is 0 Å². The Balaban J connectivity index is 1.95. The fraction of sp³-hybridized carbons (Fsp3) is 1.00. The quantitative estimate of drug-likeness (QED) is 0.727. The zero-order valence-corrected chi connectivity index (χ0v) is 12.0. The Bertz CT molecular complexity index is 260. The molecule has 2 fully saturated rings. The van der Waals surface area contributed by atoms with Crippen LogP contribution in [0, 0.1) is 22.7 Å². The first kappa shape index (κ1) is 13.4. The lowest BCUT2D eigenvalue weighted by Gasteiger charge is -2.36. The molecule has 2 rings (SSSR count). The minimum Gasteiger partial charge on any atom is -0.396 e. The van der Waals surface area contributed by atoms with E-state index in [-0.39, 0.29) is 0 Å². The predicted octanol–water partition coefficient (Wildman–Crippen LogP) is 4.39. The molecule has 0 radical (unpaired) electrons. The topological polar surface area (TPSA) is 20.2 Å². The molecule has 2 aliphatic carbocycles. The van der Waals surface area contributed by atoms with Crippen molar-refractivity contribution in [3.05, 3.63) is 0 Å². The lowest BCUT2D eigenvalue weighted by molar-refractivity contribution is 0.114. The highest BCUT2D eigenvalue weighted by atomic mass is 16.3. The van der Waals surface area contributed by atoms with Crippen LogP contribution in [0.15, 0.2) is 0 Å². The Kier molecular flexibility index (Phi) is 3.87. The van der Waals surface area contributed by atoms with E-state index in [1.165, 1.54) is 44.9 Å². The minimum atomic E-state index is 0.399. The molecular formula is C16H30O. The molecule has 2 saturated carbocycles. The number of aliphatic hydroxyl groups excluding tert-OH is 1. The number of hydrogen-bond acceptors (Lipinski definition) is 1. The van der Waals surface area contributed by atoms with Gasteiger partial charge < -0.3 is 5.11 Å². The summed E-state index contributed by atoms with van der Waals surface area (Å²) in [5.41, 5.74) is 1.18. The Hall–Kier alpha value is -0.0400. The molecule has 0 aromatic rings. The van der Waals surface area contributed by atoms with Gasteiger partial charge in [0.05, 0.1) is 0 Å². The first-order chi connectivity index (χ1) is 8.06. The summed E-state index contributed by atoms with van der Waals surface area (Å²) in [6.45, 7) is 7.49. The van der Waals surface area contributed by atoms with Gasteiger partial charge in [-0.3, -0.25) is 0 Å². The van der Waals surface area contributed by atoms with E-state index < -0.39 is 0 Å². The molecule has 1 N–H and O–H groups in total. The summed E-state index contributed by atoms with van der Waals surface area (Å²) in [7, 11) is 0. The SMILES string of the molecule is CC(C)CCCC12CCCC(C)C1(CCO)C2. The lowest BCUT2D eigenvalue weighted by Crippen LogP contribution is -2.27. The maximum Gasteiger partial charge on any atom is 0.0436 e. The normalized spacial score (nSPS) is 40.4. The van der Waals surface area contributed by atoms with Gasteiger partial charge in [0.2, 0.25) is 0 Å². The first-order valence-electron chi connectivity index (χ1n) is 7.67. The molecule has 17 heavy (non-hydrogen) atoms. The molecule has 2 aliphatic rings. The molecular weight excluding hydrogens is 208 g/mol. The van der Waals surface area contributed by atoms with Gasteiger partial charge in [-0.05, 0) is 48.3 Å². The van der Waals surface area contributed by atoms with E-state index in [1.807, 2.05) is 0 Å². The van der Waals surface area contributed by atoms with Gasteiger partial charge in [-0.25, -0.2) is 0 Å². The summed E-state index contributed by atoms with van der Waals surface area (Å²) in [5, 5.41) is 9.36. The van der Waals surface area contributed by atoms with Gasteiger partial charge >= 0.3 is 0 Å². The van der Waals surface area contributed by atoms with Crippen LogP contribution in [0.2, 0.25) is 0 Å². The van der Waals surface area contributed by atoms with Crippen LogP contribution >= 0.6 is 0 Å². The average molecular weight is 238 g/mol. The summed E-state index contributed by atoms with van der Waals surface area (Å²) < 4.78 is 0. The maximum absolute atomic E-state index is 9.36. The molecule has 0 aromatic heterocycles. The van der Waals surface area contributed by atoms with Gasteiger partial charge in [0.15, 0.2) is 0 Å². The summed E-state index contributed by atoms with van der Waals surface area (Å²) in [6.07, 6.45) is 10.9. The highest BCUT2D eigenvalue weighted by Gasteiger charge is 2.68. The third-order valence-corrected chi connectivity index (χ3v) is 5.82. The maximum atomic E-state index is 9.36. The van der Waals surface area contributed by atoms with E-state index in [0.29, 0.717) is 17.4 Å². The molecule has 1 heteroatoms. The third kappa shape index (κ3) is 2.28. The summed E-state index contributed by atoms with van der Waals surface area (Å²) in [4.78, 5) is 0. The highest BCUT2D eigenvalue weighted by molar-refractivity contribution is 5.17. The van der Waals surface area contributed by atoms with Crippen molar-refractivity contribution < 1.29 is 5.11 Å². The fourth-order valence-electron chi connectivity index (χ4n) is 4.73. The van der Waals surface area contributed by atoms with Crippen molar-refractivity contribution in [3.63, 3.8) is 0 Å². The standard InChI is InChI=1S/C16H30O/c1-13(2)6-4-8-15-9-5-7-14(3)16(15,12-15)10-11-17/h13-14,17H,4-12H2,1-3H3. The van der Waals surface area contributed by atoms with Crippen LogP contribution in [0.4, 0.5) is 0 Å². The van der Waals surface area contributed by atoms with Crippen molar-refractivity contribution in [1.82, 2.24) is 0 Å². The summed E-state index contributed by atoms with van der Waals surface area (Å²) in [6, 6.07) is 0. The van der Waals surface area contributed by atoms with Crippen molar-refractivity contribution in [2.24, 2.45) is 22.7 Å². The van der Waals surface area contributed by atoms with Crippen molar-refractivity contribution in [1.29, 1.82) is 0 Å². The molecule has 0 bridgehead atoms. The van der Waals surface area contributed by atoms with Gasteiger partial charge in [-0.1, -0.05) is 46.5 Å². The van der Waals surface area contributed by atoms with Gasteiger partial charge in [-0.2, -0.15) is 0 Å². The van der Waals surface area contributed by atoms with Gasteiger partial charge in [0.25, 0.3) is 0 Å². The lowest BCUT2D eigenvalue weighted by atomic mass is 9.69. The highest BCUT2D eigenvalue weighted by Crippen LogP contribution is 2.76. The molecule has 0 aliphatic heterocycles. The zero-order chi connectivity index (χ0) is 12.5. The molecule has 0 spiro atoms. The molecule has 0 saturated heterocycles. The molecule has 0 amide bonds. The van der Waals surface area contributed by atoms with Gasteiger partial charge in [0, 0.05) is 6.61 Å². The Morgan fingerprint density at radius 3 is 2.71 bits per heavy atom. The fourth-order valence-corrected chi connectivity index (χ4v) is 4.73. The molecule has 0 heterocycles. The van der Waals surface area contributed by atoms with Crippen LogP contribution in [-0.4, -0.2) is 11.7 Å². The zero-order valence-electron chi connectivity index (χ0n) is 12.0. The second kappa shape index (κ2) is 4.91. The predicted molar refractivity (Wildman–Crippen MR) is 72.9 cm³/mol. The smallest absolute Gasteiger partial charge is 0.0436 e. The van der Waals surface area contributed by atoms with Crippen molar-refractivity contribution in [2.75, 3.05) is 6.61 Å². The van der Waals surface area contributed by atoms with E-state index in [4.69, 9.17) is 0 Å². The van der Waals surface area contributed by atoms with E-state index in [1.54, 1.807) is 0 Å². The van der Waals surface area contributed by atoms with E-state index in [0.717, 1.165) is 18.3 Å². The number of fused-ring (bicyclic) bond motifs is 1. The van der Waals surface area contributed by atoms with Crippen LogP contribution in [0.25, 0.3) is 0 Å². The Morgan fingerprint density at radius 2 is 2.06 bits per heavy atom. The van der Waals surface area contributed by atoms with Crippen molar-refractivity contribution in [2.45, 2.75) is 72.1 Å². The number of aliphatic hydroxyl groups is 1. The monoisotopic (exact) mass is 238 g/mol. The van der Waals surface area contributed by atoms with Crippen LogP contribution in [-0.2, 0) is 0 Å². The second-order valence-electron chi connectivity index (χ2n) is 7.17. The van der Waals surface area contributed by atoms with E-state index in [9.17, 15) is 5.11 Å². The van der Waals surface area contributed by atoms with Gasteiger partial charge in [0.1, 0.15) is 0 Å². The Labute approximate surface area is 107 Å². The molecule has 0 aromatic carbocycles. The minimum absolute atomic E-state index is 0.399. The van der Waals surface area contributed by atoms with Crippen LogP contribution in [0.3, 0.4) is 0 Å². The van der Waals surface area contributed by atoms with Crippen LogP contribution in [0.5, 0.6) is 0 Å². The molecule has 1 nitrogen and oxygen atoms in total. The van der Waals surface area contributed by atoms with Crippen LogP contribution < -0.4 is 0 Å². The summed E-state index contributed by atoms with van der Waals surface area (Å²) >= 11 is 0. The van der Waals surface area contributed by atoms with Crippen molar-refractivity contribution in [3.8, 4) is 0 Å². The van der Waals surface area contributed by atoms with Gasteiger partial charge in [-0.15, -0.1) is 0 Å². The molecule has 3 atom stereocenters. The largest absolute Gasteiger partial charge is 0.396 e. The van der Waals surface area contributed by atoms with E-state index in [2.05, 4.69) is 20.8 Å².